The summed E-state index contributed by atoms with van der Waals surface area (Å²) in [5, 5.41) is 9.13. The van der Waals surface area contributed by atoms with Crippen molar-refractivity contribution in [2.75, 3.05) is 13.1 Å². The van der Waals surface area contributed by atoms with Gasteiger partial charge in [0.15, 0.2) is 0 Å². The number of nitrogens with two attached hydrogens (primary N) is 1. The van der Waals surface area contributed by atoms with Gasteiger partial charge in [0.1, 0.15) is 6.23 Å². The van der Waals surface area contributed by atoms with Crippen molar-refractivity contribution in [1.82, 2.24) is 4.90 Å². The largest absolute Gasteiger partial charge is 0.375 e. The Labute approximate surface area is 65.3 Å². The maximum atomic E-state index is 10.5. The van der Waals surface area contributed by atoms with Gasteiger partial charge in [-0.1, -0.05) is 6.58 Å². The summed E-state index contributed by atoms with van der Waals surface area (Å²) in [6.07, 6.45) is 0.794. The van der Waals surface area contributed by atoms with Crippen molar-refractivity contribution in [3.8, 4) is 0 Å². The van der Waals surface area contributed by atoms with Gasteiger partial charge in [0, 0.05) is 13.1 Å². The fraction of sp³-hybridized carbons (Fsp3) is 0.571. The standard InChI is InChI=1S/C7H12N2O2/c1-2-6(10)9-3-5(4-9)7(8)11/h2,5-6,10H,1,3-4H2,(H2,8,11). The van der Waals surface area contributed by atoms with Crippen molar-refractivity contribution in [3.63, 3.8) is 0 Å². The smallest absolute Gasteiger partial charge is 0.223 e. The number of hydrogen-bond donors (Lipinski definition) is 2. The van der Waals surface area contributed by atoms with Crippen molar-refractivity contribution in [2.24, 2.45) is 11.7 Å². The lowest BCUT2D eigenvalue weighted by atomic mass is 9.99. The number of likely N-dealkylation sites (tertiary alicyclic amines) is 1. The second kappa shape index (κ2) is 3.02. The van der Waals surface area contributed by atoms with E-state index in [1.807, 2.05) is 0 Å². The van der Waals surface area contributed by atoms with Crippen molar-refractivity contribution in [3.05, 3.63) is 12.7 Å². The zero-order valence-electron chi connectivity index (χ0n) is 6.23. The molecule has 0 bridgehead atoms. The molecule has 1 saturated heterocycles. The van der Waals surface area contributed by atoms with Crippen LogP contribution in [0.15, 0.2) is 12.7 Å². The lowest BCUT2D eigenvalue weighted by molar-refractivity contribution is -0.131. The minimum absolute atomic E-state index is 0.0930. The lowest BCUT2D eigenvalue weighted by Crippen LogP contribution is -2.55. The molecule has 3 N–H and O–H groups in total. The fourth-order valence-electron chi connectivity index (χ4n) is 1.06. The summed E-state index contributed by atoms with van der Waals surface area (Å²) in [5.74, 6) is -0.387. The van der Waals surface area contributed by atoms with Crippen molar-refractivity contribution < 1.29 is 9.90 Å². The first-order valence-corrected chi connectivity index (χ1v) is 3.49. The van der Waals surface area contributed by atoms with Crippen LogP contribution >= 0.6 is 0 Å². The number of carbonyl (C=O) groups excluding carboxylic acids is 1. The molecule has 1 rings (SSSR count). The molecule has 1 amide bonds. The SMILES string of the molecule is C=CC(O)N1CC(C(N)=O)C1. The van der Waals surface area contributed by atoms with Crippen LogP contribution in [-0.4, -0.2) is 35.2 Å². The zero-order valence-corrected chi connectivity index (χ0v) is 6.23. The van der Waals surface area contributed by atoms with E-state index in [-0.39, 0.29) is 11.8 Å². The van der Waals surface area contributed by atoms with E-state index >= 15 is 0 Å². The highest BCUT2D eigenvalue weighted by molar-refractivity contribution is 5.78. The van der Waals surface area contributed by atoms with E-state index in [4.69, 9.17) is 10.8 Å². The molecule has 1 aliphatic rings. The van der Waals surface area contributed by atoms with Crippen molar-refractivity contribution in [2.45, 2.75) is 6.23 Å². The molecule has 0 saturated carbocycles. The molecule has 1 unspecified atom stereocenters. The number of primary amides is 1. The molecular weight excluding hydrogens is 144 g/mol. The lowest BCUT2D eigenvalue weighted by Gasteiger charge is -2.39. The number of aliphatic hydroxyl groups is 1. The molecule has 1 heterocycles. The number of carbonyl (C=O) groups is 1. The Morgan fingerprint density at radius 1 is 1.82 bits per heavy atom. The molecule has 4 heteroatoms. The summed E-state index contributed by atoms with van der Waals surface area (Å²) in [6, 6.07) is 0. The number of rotatable bonds is 3. The second-order valence-corrected chi connectivity index (χ2v) is 2.70. The third-order valence-electron chi connectivity index (χ3n) is 1.90. The Morgan fingerprint density at radius 2 is 2.36 bits per heavy atom. The highest BCUT2D eigenvalue weighted by Gasteiger charge is 2.33. The highest BCUT2D eigenvalue weighted by Crippen LogP contribution is 2.16. The van der Waals surface area contributed by atoms with E-state index in [2.05, 4.69) is 6.58 Å². The Hall–Kier alpha value is -0.870. The minimum Gasteiger partial charge on any atom is -0.375 e. The Kier molecular flexibility index (Phi) is 2.26. The van der Waals surface area contributed by atoms with E-state index in [1.54, 1.807) is 4.90 Å². The quantitative estimate of drug-likeness (QED) is 0.510. The Morgan fingerprint density at radius 3 is 2.73 bits per heavy atom. The van der Waals surface area contributed by atoms with Gasteiger partial charge in [-0.2, -0.15) is 0 Å². The van der Waals surface area contributed by atoms with Gasteiger partial charge in [0.05, 0.1) is 5.92 Å². The molecule has 1 atom stereocenters. The molecule has 4 nitrogen and oxygen atoms in total. The molecule has 0 radical (unpaired) electrons. The summed E-state index contributed by atoms with van der Waals surface area (Å²) >= 11 is 0. The Bertz CT molecular complexity index is 175. The average molecular weight is 156 g/mol. The van der Waals surface area contributed by atoms with Crippen molar-refractivity contribution >= 4 is 5.91 Å². The maximum Gasteiger partial charge on any atom is 0.223 e. The predicted octanol–water partition coefficient (Wildman–Crippen LogP) is -1.09. The van der Waals surface area contributed by atoms with E-state index in [0.29, 0.717) is 13.1 Å². The van der Waals surface area contributed by atoms with Crippen molar-refractivity contribution in [1.29, 1.82) is 0 Å². The van der Waals surface area contributed by atoms with Crippen LogP contribution in [0.1, 0.15) is 0 Å². The number of amides is 1. The van der Waals surface area contributed by atoms with Crippen LogP contribution in [0.3, 0.4) is 0 Å². The molecule has 0 aliphatic carbocycles. The van der Waals surface area contributed by atoms with E-state index in [1.165, 1.54) is 6.08 Å². The maximum absolute atomic E-state index is 10.5. The topological polar surface area (TPSA) is 66.6 Å². The van der Waals surface area contributed by atoms with Crippen LogP contribution in [0.2, 0.25) is 0 Å². The second-order valence-electron chi connectivity index (χ2n) is 2.70. The predicted molar refractivity (Wildman–Crippen MR) is 40.5 cm³/mol. The molecule has 1 fully saturated rings. The summed E-state index contributed by atoms with van der Waals surface area (Å²) in [6.45, 7) is 4.51. The molecular formula is C7H12N2O2. The summed E-state index contributed by atoms with van der Waals surface area (Å²) < 4.78 is 0. The third-order valence-corrected chi connectivity index (χ3v) is 1.90. The third kappa shape index (κ3) is 1.58. The Balaban J connectivity index is 2.29. The normalized spacial score (nSPS) is 22.3. The van der Waals surface area contributed by atoms with Gasteiger partial charge in [-0.3, -0.25) is 9.69 Å². The monoisotopic (exact) mass is 156 g/mol. The van der Waals surface area contributed by atoms with Crippen LogP contribution in [0.4, 0.5) is 0 Å². The molecule has 1 aliphatic heterocycles. The van der Waals surface area contributed by atoms with Gasteiger partial charge in [-0.15, -0.1) is 0 Å². The average Bonchev–Trinajstić information content (AvgIpc) is 1.83. The first-order chi connectivity index (χ1) is 5.15. The van der Waals surface area contributed by atoms with Gasteiger partial charge in [0.25, 0.3) is 0 Å². The highest BCUT2D eigenvalue weighted by atomic mass is 16.3. The summed E-state index contributed by atoms with van der Waals surface area (Å²) in [7, 11) is 0. The van der Waals surface area contributed by atoms with Crippen LogP contribution in [-0.2, 0) is 4.79 Å². The van der Waals surface area contributed by atoms with Gasteiger partial charge >= 0.3 is 0 Å². The van der Waals surface area contributed by atoms with E-state index in [0.717, 1.165) is 0 Å². The van der Waals surface area contributed by atoms with Crippen LogP contribution in [0, 0.1) is 5.92 Å². The first kappa shape index (κ1) is 8.23. The molecule has 0 aromatic heterocycles. The van der Waals surface area contributed by atoms with Gasteiger partial charge < -0.3 is 10.8 Å². The molecule has 0 spiro atoms. The number of hydrogen-bond acceptors (Lipinski definition) is 3. The molecule has 0 aromatic carbocycles. The molecule has 62 valence electrons. The van der Waals surface area contributed by atoms with Crippen LogP contribution in [0.25, 0.3) is 0 Å². The fourth-order valence-corrected chi connectivity index (χ4v) is 1.06. The van der Waals surface area contributed by atoms with Gasteiger partial charge in [0.2, 0.25) is 5.91 Å². The first-order valence-electron chi connectivity index (χ1n) is 3.49. The van der Waals surface area contributed by atoms with Gasteiger partial charge in [-0.05, 0) is 6.08 Å². The summed E-state index contributed by atoms with van der Waals surface area (Å²) in [5.41, 5.74) is 5.03. The van der Waals surface area contributed by atoms with Crippen LogP contribution in [0.5, 0.6) is 0 Å². The zero-order chi connectivity index (χ0) is 8.43. The summed E-state index contributed by atoms with van der Waals surface area (Å²) in [4.78, 5) is 12.3. The van der Waals surface area contributed by atoms with E-state index < -0.39 is 6.23 Å². The number of aliphatic hydroxyl groups excluding tert-OH is 1. The number of nitrogens with zero attached hydrogens (tertiary/aromatic N) is 1. The van der Waals surface area contributed by atoms with Gasteiger partial charge in [-0.25, -0.2) is 0 Å². The van der Waals surface area contributed by atoms with E-state index in [9.17, 15) is 4.79 Å². The van der Waals surface area contributed by atoms with Crippen LogP contribution < -0.4 is 5.73 Å². The molecule has 11 heavy (non-hydrogen) atoms. The minimum atomic E-state index is -0.634. The molecule has 0 aromatic rings.